The van der Waals surface area contributed by atoms with E-state index in [-0.39, 0.29) is 0 Å². The average molecular weight is 227 g/mol. The van der Waals surface area contributed by atoms with Gasteiger partial charge in [-0.05, 0) is 25.8 Å². The minimum atomic E-state index is 0.491. The summed E-state index contributed by atoms with van der Waals surface area (Å²) in [5.74, 6) is 0.692. The smallest absolute Gasteiger partial charge is 0.0662 e. The summed E-state index contributed by atoms with van der Waals surface area (Å²) in [5, 5.41) is 4.51. The van der Waals surface area contributed by atoms with Crippen LogP contribution in [-0.4, -0.2) is 15.7 Å². The Kier molecular flexibility index (Phi) is 5.48. The van der Waals surface area contributed by atoms with E-state index in [9.17, 15) is 0 Å². The number of aromatic nitrogens is 2. The number of halogens is 1. The molecule has 0 radical (unpaired) electrons. The summed E-state index contributed by atoms with van der Waals surface area (Å²) in [7, 11) is 0. The Morgan fingerprint density at radius 2 is 2.33 bits per heavy atom. The van der Waals surface area contributed by atoms with Crippen molar-refractivity contribution in [1.29, 1.82) is 0 Å². The molecular weight excluding hydrogens is 208 g/mol. The van der Waals surface area contributed by atoms with Crippen molar-refractivity contribution >= 4 is 11.6 Å². The minimum absolute atomic E-state index is 0.491. The minimum Gasteiger partial charge on any atom is -0.270 e. The van der Waals surface area contributed by atoms with Crippen LogP contribution in [0, 0.1) is 0 Å². The van der Waals surface area contributed by atoms with E-state index in [4.69, 9.17) is 11.6 Å². The lowest BCUT2D eigenvalue weighted by Gasteiger charge is -2.07. The van der Waals surface area contributed by atoms with Gasteiger partial charge in [0.1, 0.15) is 0 Å². The fourth-order valence-corrected chi connectivity index (χ4v) is 1.43. The third kappa shape index (κ3) is 4.08. The molecule has 0 aliphatic rings. The van der Waals surface area contributed by atoms with Crippen LogP contribution in [0.25, 0.3) is 0 Å². The zero-order valence-corrected chi connectivity index (χ0v) is 10.2. The number of rotatable bonds is 6. The van der Waals surface area contributed by atoms with Gasteiger partial charge in [0, 0.05) is 24.5 Å². The molecule has 0 fully saturated rings. The van der Waals surface area contributed by atoms with Crippen LogP contribution in [-0.2, 0) is 6.42 Å². The van der Waals surface area contributed by atoms with E-state index in [1.54, 1.807) is 0 Å². The van der Waals surface area contributed by atoms with Gasteiger partial charge in [0.25, 0.3) is 0 Å². The van der Waals surface area contributed by atoms with Gasteiger partial charge in [-0.1, -0.05) is 19.1 Å². The predicted molar refractivity (Wildman–Crippen MR) is 65.4 cm³/mol. The predicted octanol–water partition coefficient (Wildman–Crippen LogP) is 3.58. The Labute approximate surface area is 96.9 Å². The van der Waals surface area contributed by atoms with E-state index in [2.05, 4.69) is 43.4 Å². The van der Waals surface area contributed by atoms with Gasteiger partial charge in [0.15, 0.2) is 0 Å². The largest absolute Gasteiger partial charge is 0.270 e. The first kappa shape index (κ1) is 12.3. The zero-order valence-electron chi connectivity index (χ0n) is 9.49. The van der Waals surface area contributed by atoms with Gasteiger partial charge >= 0.3 is 0 Å². The quantitative estimate of drug-likeness (QED) is 0.536. The van der Waals surface area contributed by atoms with Crippen LogP contribution in [0.4, 0.5) is 0 Å². The summed E-state index contributed by atoms with van der Waals surface area (Å²) in [6.45, 7) is 4.35. The molecule has 1 heterocycles. The van der Waals surface area contributed by atoms with Crippen LogP contribution in [0.2, 0.25) is 0 Å². The Bertz CT molecular complexity index is 304. The summed E-state index contributed by atoms with van der Waals surface area (Å²) >= 11 is 5.58. The fourth-order valence-electron chi connectivity index (χ4n) is 1.30. The molecule has 1 aromatic rings. The van der Waals surface area contributed by atoms with Crippen LogP contribution >= 0.6 is 11.6 Å². The van der Waals surface area contributed by atoms with E-state index < -0.39 is 0 Å². The monoisotopic (exact) mass is 226 g/mol. The van der Waals surface area contributed by atoms with Crippen molar-refractivity contribution < 1.29 is 0 Å². The third-order valence-corrected chi connectivity index (χ3v) is 2.69. The average Bonchev–Trinajstić information content (AvgIpc) is 2.72. The maximum absolute atomic E-state index is 5.58. The lowest BCUT2D eigenvalue weighted by molar-refractivity contribution is 0.474. The summed E-state index contributed by atoms with van der Waals surface area (Å²) in [5.41, 5.74) is 1.13. The first-order valence-electron chi connectivity index (χ1n) is 5.53. The Morgan fingerprint density at radius 3 is 3.00 bits per heavy atom. The first-order valence-corrected chi connectivity index (χ1v) is 6.06. The molecule has 0 aliphatic carbocycles. The molecule has 0 saturated heterocycles. The van der Waals surface area contributed by atoms with Crippen LogP contribution < -0.4 is 0 Å². The van der Waals surface area contributed by atoms with Gasteiger partial charge in [0.05, 0.1) is 5.69 Å². The van der Waals surface area contributed by atoms with Crippen LogP contribution in [0.15, 0.2) is 24.4 Å². The van der Waals surface area contributed by atoms with Crippen molar-refractivity contribution in [3.05, 3.63) is 30.1 Å². The zero-order chi connectivity index (χ0) is 11.1. The normalized spacial score (nSPS) is 13.5. The molecule has 1 unspecified atom stereocenters. The highest BCUT2D eigenvalue weighted by Gasteiger charge is 2.02. The first-order chi connectivity index (χ1) is 7.27. The van der Waals surface area contributed by atoms with E-state index >= 15 is 0 Å². The molecule has 0 amide bonds. The number of hydrogen-bond donors (Lipinski definition) is 0. The maximum Gasteiger partial charge on any atom is 0.0662 e. The number of alkyl halides is 1. The molecule has 2 nitrogen and oxygen atoms in total. The molecule has 84 valence electrons. The van der Waals surface area contributed by atoms with Gasteiger partial charge in [0.2, 0.25) is 0 Å². The SMILES string of the molecule is CCC(C)n1ccc(CC=CCCCl)n1. The molecule has 3 heteroatoms. The van der Waals surface area contributed by atoms with Gasteiger partial charge in [-0.2, -0.15) is 5.10 Å². The van der Waals surface area contributed by atoms with Gasteiger partial charge < -0.3 is 0 Å². The number of allylic oxidation sites excluding steroid dienone is 2. The lowest BCUT2D eigenvalue weighted by atomic mass is 10.3. The van der Waals surface area contributed by atoms with Crippen molar-refractivity contribution in [2.75, 3.05) is 5.88 Å². The molecule has 0 aromatic carbocycles. The van der Waals surface area contributed by atoms with E-state index in [0.717, 1.165) is 25.0 Å². The number of hydrogen-bond acceptors (Lipinski definition) is 1. The molecule has 1 aromatic heterocycles. The molecule has 0 aliphatic heterocycles. The van der Waals surface area contributed by atoms with Gasteiger partial charge in [-0.15, -0.1) is 11.6 Å². The topological polar surface area (TPSA) is 17.8 Å². The van der Waals surface area contributed by atoms with E-state index in [1.807, 2.05) is 4.68 Å². The van der Waals surface area contributed by atoms with E-state index in [0.29, 0.717) is 11.9 Å². The standard InChI is InChI=1S/C12H19ClN2/c1-3-11(2)15-10-8-12(14-15)7-5-4-6-9-13/h4-5,8,10-11H,3,6-7,9H2,1-2H3. The molecule has 0 N–H and O–H groups in total. The Balaban J connectivity index is 2.46. The van der Waals surface area contributed by atoms with Crippen molar-refractivity contribution in [2.45, 2.75) is 39.2 Å². The van der Waals surface area contributed by atoms with Crippen LogP contribution in [0.3, 0.4) is 0 Å². The summed E-state index contributed by atoms with van der Waals surface area (Å²) in [6, 6.07) is 2.57. The lowest BCUT2D eigenvalue weighted by Crippen LogP contribution is -2.04. The Morgan fingerprint density at radius 1 is 1.53 bits per heavy atom. The second-order valence-electron chi connectivity index (χ2n) is 3.70. The summed E-state index contributed by atoms with van der Waals surface area (Å²) in [4.78, 5) is 0. The van der Waals surface area contributed by atoms with Gasteiger partial charge in [-0.3, -0.25) is 4.68 Å². The molecule has 0 saturated carbocycles. The third-order valence-electron chi connectivity index (χ3n) is 2.48. The highest BCUT2D eigenvalue weighted by Crippen LogP contribution is 2.09. The van der Waals surface area contributed by atoms with Crippen molar-refractivity contribution in [1.82, 2.24) is 9.78 Å². The molecule has 1 atom stereocenters. The molecular formula is C12H19ClN2. The second kappa shape index (κ2) is 6.67. The Hall–Kier alpha value is -0.760. The molecule has 15 heavy (non-hydrogen) atoms. The van der Waals surface area contributed by atoms with Crippen molar-refractivity contribution in [3.63, 3.8) is 0 Å². The molecule has 0 bridgehead atoms. The van der Waals surface area contributed by atoms with Gasteiger partial charge in [-0.25, -0.2) is 0 Å². The molecule has 0 spiro atoms. The second-order valence-corrected chi connectivity index (χ2v) is 4.08. The maximum atomic E-state index is 5.58. The van der Waals surface area contributed by atoms with Crippen LogP contribution in [0.1, 0.15) is 38.4 Å². The summed E-state index contributed by atoms with van der Waals surface area (Å²) in [6.07, 6.45) is 9.25. The van der Waals surface area contributed by atoms with Crippen LogP contribution in [0.5, 0.6) is 0 Å². The molecule has 1 rings (SSSR count). The highest BCUT2D eigenvalue weighted by molar-refractivity contribution is 6.17. The van der Waals surface area contributed by atoms with Crippen molar-refractivity contribution in [2.24, 2.45) is 0 Å². The number of nitrogens with zero attached hydrogens (tertiary/aromatic N) is 2. The van der Waals surface area contributed by atoms with E-state index in [1.165, 1.54) is 0 Å². The van der Waals surface area contributed by atoms with Crippen molar-refractivity contribution in [3.8, 4) is 0 Å². The summed E-state index contributed by atoms with van der Waals surface area (Å²) < 4.78 is 2.03. The fraction of sp³-hybridized carbons (Fsp3) is 0.583. The highest BCUT2D eigenvalue weighted by atomic mass is 35.5.